The fourth-order valence-corrected chi connectivity index (χ4v) is 5.14. The number of guanidine groups is 1. The Balaban J connectivity index is 0.00000225. The van der Waals surface area contributed by atoms with Gasteiger partial charge in [0, 0.05) is 12.6 Å². The summed E-state index contributed by atoms with van der Waals surface area (Å²) in [5, 5.41) is 17.3. The zero-order valence-corrected chi connectivity index (χ0v) is 17.5. The number of aliphatic imine (C=N–C) groups is 1. The first-order valence-corrected chi connectivity index (χ1v) is 10.3. The molecule has 0 radical (unpaired) electrons. The van der Waals surface area contributed by atoms with Crippen molar-refractivity contribution in [1.29, 1.82) is 0 Å². The Hall–Kier alpha value is -0.870. The highest BCUT2D eigenvalue weighted by molar-refractivity contribution is 14.0. The number of halogens is 1. The highest BCUT2D eigenvalue weighted by Crippen LogP contribution is 2.36. The van der Waals surface area contributed by atoms with Gasteiger partial charge < -0.3 is 15.7 Å². The van der Waals surface area contributed by atoms with E-state index >= 15 is 0 Å². The number of sulfone groups is 1. The van der Waals surface area contributed by atoms with Crippen molar-refractivity contribution < 1.29 is 13.5 Å². The van der Waals surface area contributed by atoms with Crippen LogP contribution in [0, 0.1) is 0 Å². The van der Waals surface area contributed by atoms with Gasteiger partial charge in [-0.15, -0.1) is 24.0 Å². The molecular formula is C17H26IN3O3S. The van der Waals surface area contributed by atoms with E-state index in [4.69, 9.17) is 0 Å². The number of aliphatic hydroxyl groups is 1. The summed E-state index contributed by atoms with van der Waals surface area (Å²) < 4.78 is 23.2. The minimum Gasteiger partial charge on any atom is -0.383 e. The molecule has 3 rings (SSSR count). The first-order chi connectivity index (χ1) is 11.4. The van der Waals surface area contributed by atoms with Crippen LogP contribution in [0.15, 0.2) is 29.3 Å². The molecule has 1 saturated heterocycles. The fraction of sp³-hybridized carbons (Fsp3) is 0.588. The number of rotatable bonds is 4. The van der Waals surface area contributed by atoms with Crippen LogP contribution < -0.4 is 10.6 Å². The SMILES string of the molecule is CCNC(=NCC1(O)CCc2ccccc21)NC1CCS(=O)(=O)C1.I. The molecule has 1 aliphatic heterocycles. The Morgan fingerprint density at radius 3 is 2.84 bits per heavy atom. The summed E-state index contributed by atoms with van der Waals surface area (Å²) in [6.45, 7) is 2.90. The molecule has 1 aromatic carbocycles. The number of nitrogens with one attached hydrogen (secondary N) is 2. The third-order valence-electron chi connectivity index (χ3n) is 4.74. The van der Waals surface area contributed by atoms with E-state index in [0.717, 1.165) is 12.0 Å². The Kier molecular flexibility index (Phi) is 6.72. The van der Waals surface area contributed by atoms with E-state index in [0.29, 0.717) is 25.3 Å². The van der Waals surface area contributed by atoms with Crippen LogP contribution in [0.25, 0.3) is 0 Å². The van der Waals surface area contributed by atoms with Gasteiger partial charge in [0.25, 0.3) is 0 Å². The number of aryl methyl sites for hydroxylation is 1. The molecular weight excluding hydrogens is 453 g/mol. The molecule has 8 heteroatoms. The normalized spacial score (nSPS) is 27.4. The molecule has 3 N–H and O–H groups in total. The molecule has 0 saturated carbocycles. The van der Waals surface area contributed by atoms with Gasteiger partial charge in [0.05, 0.1) is 18.1 Å². The second kappa shape index (κ2) is 8.22. The summed E-state index contributed by atoms with van der Waals surface area (Å²) in [5.74, 6) is 0.934. The maximum absolute atomic E-state index is 11.6. The quantitative estimate of drug-likeness (QED) is 0.343. The van der Waals surface area contributed by atoms with Gasteiger partial charge in [0.2, 0.25) is 0 Å². The van der Waals surface area contributed by atoms with Crippen LogP contribution in [-0.4, -0.2) is 50.1 Å². The maximum atomic E-state index is 11.6. The zero-order chi connectivity index (χ0) is 17.2. The predicted octanol–water partition coefficient (Wildman–Crippen LogP) is 1.18. The molecule has 2 atom stereocenters. The van der Waals surface area contributed by atoms with Crippen LogP contribution in [0.4, 0.5) is 0 Å². The van der Waals surface area contributed by atoms with E-state index in [2.05, 4.69) is 15.6 Å². The Morgan fingerprint density at radius 1 is 1.40 bits per heavy atom. The molecule has 0 bridgehead atoms. The molecule has 0 amide bonds. The molecule has 1 heterocycles. The highest BCUT2D eigenvalue weighted by atomic mass is 127. The Morgan fingerprint density at radius 2 is 2.16 bits per heavy atom. The summed E-state index contributed by atoms with van der Waals surface area (Å²) in [7, 11) is -2.93. The molecule has 0 spiro atoms. The number of nitrogens with zero attached hydrogens (tertiary/aromatic N) is 1. The van der Waals surface area contributed by atoms with Gasteiger partial charge >= 0.3 is 0 Å². The van der Waals surface area contributed by atoms with Crippen molar-refractivity contribution in [2.75, 3.05) is 24.6 Å². The van der Waals surface area contributed by atoms with Gasteiger partial charge in [-0.25, -0.2) is 13.4 Å². The van der Waals surface area contributed by atoms with E-state index in [-0.39, 0.29) is 48.1 Å². The van der Waals surface area contributed by atoms with Crippen LogP contribution in [0.3, 0.4) is 0 Å². The van der Waals surface area contributed by atoms with E-state index in [9.17, 15) is 13.5 Å². The summed E-state index contributed by atoms with van der Waals surface area (Å²) in [6, 6.07) is 7.82. The lowest BCUT2D eigenvalue weighted by Crippen LogP contribution is -2.44. The highest BCUT2D eigenvalue weighted by Gasteiger charge is 2.36. The molecule has 140 valence electrons. The summed E-state index contributed by atoms with van der Waals surface area (Å²) in [4.78, 5) is 4.53. The van der Waals surface area contributed by atoms with E-state index in [1.165, 1.54) is 5.56 Å². The van der Waals surface area contributed by atoms with Crippen LogP contribution >= 0.6 is 24.0 Å². The van der Waals surface area contributed by atoms with Crippen LogP contribution in [-0.2, 0) is 21.9 Å². The number of hydrogen-bond donors (Lipinski definition) is 3. The number of benzene rings is 1. The third-order valence-corrected chi connectivity index (χ3v) is 6.51. The number of hydrogen-bond acceptors (Lipinski definition) is 4. The molecule has 2 aliphatic rings. The molecule has 6 nitrogen and oxygen atoms in total. The summed E-state index contributed by atoms with van der Waals surface area (Å²) in [6.07, 6.45) is 2.11. The van der Waals surface area contributed by atoms with Crippen molar-refractivity contribution in [3.8, 4) is 0 Å². The molecule has 1 aliphatic carbocycles. The standard InChI is InChI=1S/C17H25N3O3S.HI/c1-2-18-16(20-14-8-10-24(22,23)11-14)19-12-17(21)9-7-13-5-3-4-6-15(13)17;/h3-6,14,21H,2,7-12H2,1H3,(H2,18,19,20);1H. The largest absolute Gasteiger partial charge is 0.383 e. The second-order valence-electron chi connectivity index (χ2n) is 6.63. The average Bonchev–Trinajstić information content (AvgIpc) is 3.06. The van der Waals surface area contributed by atoms with Gasteiger partial charge in [-0.05, 0) is 37.3 Å². The minimum absolute atomic E-state index is 0. The number of fused-ring (bicyclic) bond motifs is 1. The average molecular weight is 479 g/mol. The summed E-state index contributed by atoms with van der Waals surface area (Å²) >= 11 is 0. The van der Waals surface area contributed by atoms with E-state index in [1.54, 1.807) is 0 Å². The monoisotopic (exact) mass is 479 g/mol. The second-order valence-corrected chi connectivity index (χ2v) is 8.86. The van der Waals surface area contributed by atoms with Crippen LogP contribution in [0.1, 0.15) is 30.9 Å². The van der Waals surface area contributed by atoms with Gasteiger partial charge in [0.15, 0.2) is 15.8 Å². The van der Waals surface area contributed by atoms with Gasteiger partial charge in [-0.3, -0.25) is 0 Å². The van der Waals surface area contributed by atoms with E-state index in [1.807, 2.05) is 31.2 Å². The minimum atomic E-state index is -2.93. The van der Waals surface area contributed by atoms with Crippen molar-refractivity contribution in [2.45, 2.75) is 37.8 Å². The van der Waals surface area contributed by atoms with Gasteiger partial charge in [-0.2, -0.15) is 0 Å². The third kappa shape index (κ3) is 4.85. The lowest BCUT2D eigenvalue weighted by molar-refractivity contribution is 0.0485. The molecule has 1 aromatic rings. The zero-order valence-electron chi connectivity index (χ0n) is 14.4. The molecule has 1 fully saturated rings. The topological polar surface area (TPSA) is 90.8 Å². The lowest BCUT2D eigenvalue weighted by atomic mass is 9.96. The van der Waals surface area contributed by atoms with Crippen molar-refractivity contribution in [2.24, 2.45) is 4.99 Å². The summed E-state index contributed by atoms with van der Waals surface area (Å²) in [5.41, 5.74) is 1.18. The fourth-order valence-electron chi connectivity index (χ4n) is 3.46. The predicted molar refractivity (Wildman–Crippen MR) is 110 cm³/mol. The molecule has 0 aromatic heterocycles. The first-order valence-electron chi connectivity index (χ1n) is 8.48. The van der Waals surface area contributed by atoms with Gasteiger partial charge in [0.1, 0.15) is 5.60 Å². The molecule has 25 heavy (non-hydrogen) atoms. The van der Waals surface area contributed by atoms with Crippen molar-refractivity contribution in [3.63, 3.8) is 0 Å². The van der Waals surface area contributed by atoms with Crippen molar-refractivity contribution in [1.82, 2.24) is 10.6 Å². The maximum Gasteiger partial charge on any atom is 0.191 e. The first kappa shape index (κ1) is 20.4. The smallest absolute Gasteiger partial charge is 0.191 e. The van der Waals surface area contributed by atoms with Crippen LogP contribution in [0.2, 0.25) is 0 Å². The Bertz CT molecular complexity index is 738. The molecule has 2 unspecified atom stereocenters. The van der Waals surface area contributed by atoms with Crippen LogP contribution in [0.5, 0.6) is 0 Å². The lowest BCUT2D eigenvalue weighted by Gasteiger charge is -2.23. The van der Waals surface area contributed by atoms with E-state index < -0.39 is 15.4 Å². The van der Waals surface area contributed by atoms with Gasteiger partial charge in [-0.1, -0.05) is 24.3 Å². The van der Waals surface area contributed by atoms with Crippen molar-refractivity contribution in [3.05, 3.63) is 35.4 Å². The Labute approximate surface area is 166 Å². The van der Waals surface area contributed by atoms with Crippen molar-refractivity contribution >= 4 is 39.8 Å².